The first kappa shape index (κ1) is 12.8. The van der Waals surface area contributed by atoms with Crippen LogP contribution in [0.1, 0.15) is 36.6 Å². The average Bonchev–Trinajstić information content (AvgIpc) is 2.78. The van der Waals surface area contributed by atoms with Gasteiger partial charge in [0.2, 0.25) is 0 Å². The summed E-state index contributed by atoms with van der Waals surface area (Å²) in [6.45, 7) is 7.37. The Morgan fingerprint density at radius 2 is 2.06 bits per heavy atom. The van der Waals surface area contributed by atoms with Gasteiger partial charge in [-0.3, -0.25) is 5.10 Å². The third-order valence-corrected chi connectivity index (χ3v) is 3.20. The number of nitrogens with one attached hydrogen (secondary N) is 2. The summed E-state index contributed by atoms with van der Waals surface area (Å²) in [6, 6.07) is 8.74. The van der Waals surface area contributed by atoms with E-state index in [2.05, 4.69) is 60.6 Å². The van der Waals surface area contributed by atoms with E-state index < -0.39 is 0 Å². The van der Waals surface area contributed by atoms with Gasteiger partial charge in [-0.05, 0) is 43.1 Å². The minimum Gasteiger partial charge on any atom is -0.314 e. The SMILES string of the molecule is CNCc1cc(-c2cc(C(C)C)ccc2C)n[nH]1. The Kier molecular flexibility index (Phi) is 3.82. The summed E-state index contributed by atoms with van der Waals surface area (Å²) in [6.07, 6.45) is 0. The normalized spacial score (nSPS) is 11.2. The molecular weight excluding hydrogens is 222 g/mol. The third kappa shape index (κ3) is 2.62. The van der Waals surface area contributed by atoms with Crippen molar-refractivity contribution in [2.75, 3.05) is 7.05 Å². The highest BCUT2D eigenvalue weighted by Gasteiger charge is 2.09. The number of aromatic nitrogens is 2. The Morgan fingerprint density at radius 3 is 2.72 bits per heavy atom. The molecule has 0 radical (unpaired) electrons. The van der Waals surface area contributed by atoms with Crippen molar-refractivity contribution in [3.8, 4) is 11.3 Å². The highest BCUT2D eigenvalue weighted by molar-refractivity contribution is 5.64. The van der Waals surface area contributed by atoms with Gasteiger partial charge in [-0.2, -0.15) is 5.10 Å². The van der Waals surface area contributed by atoms with Crippen LogP contribution in [0.15, 0.2) is 24.3 Å². The molecule has 0 unspecified atom stereocenters. The van der Waals surface area contributed by atoms with E-state index >= 15 is 0 Å². The van der Waals surface area contributed by atoms with Crippen LogP contribution in [0.3, 0.4) is 0 Å². The van der Waals surface area contributed by atoms with Crippen molar-refractivity contribution in [1.29, 1.82) is 0 Å². The second kappa shape index (κ2) is 5.36. The van der Waals surface area contributed by atoms with Crippen LogP contribution in [-0.4, -0.2) is 17.2 Å². The molecule has 3 heteroatoms. The van der Waals surface area contributed by atoms with E-state index in [4.69, 9.17) is 0 Å². The summed E-state index contributed by atoms with van der Waals surface area (Å²) in [5.74, 6) is 0.542. The molecule has 0 saturated carbocycles. The molecule has 0 aliphatic carbocycles. The van der Waals surface area contributed by atoms with Crippen LogP contribution in [-0.2, 0) is 6.54 Å². The van der Waals surface area contributed by atoms with Gasteiger partial charge < -0.3 is 5.32 Å². The number of nitrogens with zero attached hydrogens (tertiary/aromatic N) is 1. The number of H-pyrrole nitrogens is 1. The van der Waals surface area contributed by atoms with Gasteiger partial charge in [0.1, 0.15) is 0 Å². The first-order valence-electron chi connectivity index (χ1n) is 6.41. The van der Waals surface area contributed by atoms with E-state index in [1.54, 1.807) is 0 Å². The van der Waals surface area contributed by atoms with Gasteiger partial charge in [0.25, 0.3) is 0 Å². The van der Waals surface area contributed by atoms with Crippen LogP contribution in [0.5, 0.6) is 0 Å². The largest absolute Gasteiger partial charge is 0.314 e. The molecule has 1 aromatic carbocycles. The van der Waals surface area contributed by atoms with Crippen molar-refractivity contribution >= 4 is 0 Å². The number of hydrogen-bond donors (Lipinski definition) is 2. The Balaban J connectivity index is 2.38. The molecule has 0 aliphatic heterocycles. The van der Waals surface area contributed by atoms with Crippen molar-refractivity contribution in [2.24, 2.45) is 0 Å². The summed E-state index contributed by atoms with van der Waals surface area (Å²) in [4.78, 5) is 0. The van der Waals surface area contributed by atoms with E-state index in [0.29, 0.717) is 5.92 Å². The number of rotatable bonds is 4. The Bertz CT molecular complexity index is 526. The van der Waals surface area contributed by atoms with Crippen molar-refractivity contribution in [2.45, 2.75) is 33.2 Å². The van der Waals surface area contributed by atoms with E-state index in [1.165, 1.54) is 16.7 Å². The minimum atomic E-state index is 0.542. The van der Waals surface area contributed by atoms with Crippen molar-refractivity contribution in [3.63, 3.8) is 0 Å². The lowest BCUT2D eigenvalue weighted by molar-refractivity contribution is 0.784. The molecule has 0 saturated heterocycles. The van der Waals surface area contributed by atoms with E-state index in [-0.39, 0.29) is 0 Å². The highest BCUT2D eigenvalue weighted by atomic mass is 15.1. The maximum absolute atomic E-state index is 4.40. The fourth-order valence-electron chi connectivity index (χ4n) is 2.06. The van der Waals surface area contributed by atoms with Crippen LogP contribution >= 0.6 is 0 Å². The summed E-state index contributed by atoms with van der Waals surface area (Å²) >= 11 is 0. The summed E-state index contributed by atoms with van der Waals surface area (Å²) in [7, 11) is 1.94. The molecule has 0 fully saturated rings. The first-order valence-corrected chi connectivity index (χ1v) is 6.41. The van der Waals surface area contributed by atoms with Crippen LogP contribution in [0.4, 0.5) is 0 Å². The third-order valence-electron chi connectivity index (χ3n) is 3.20. The number of hydrogen-bond acceptors (Lipinski definition) is 2. The standard InChI is InChI=1S/C15H21N3/c1-10(2)12-6-5-11(3)14(7-12)15-8-13(9-16-4)17-18-15/h5-8,10,16H,9H2,1-4H3,(H,17,18). The number of aryl methyl sites for hydroxylation is 1. The molecule has 2 aromatic rings. The van der Waals surface area contributed by atoms with Crippen LogP contribution in [0, 0.1) is 6.92 Å². The quantitative estimate of drug-likeness (QED) is 0.865. The molecule has 0 bridgehead atoms. The topological polar surface area (TPSA) is 40.7 Å². The average molecular weight is 243 g/mol. The zero-order valence-electron chi connectivity index (χ0n) is 11.5. The lowest BCUT2D eigenvalue weighted by atomic mass is 9.96. The van der Waals surface area contributed by atoms with Crippen LogP contribution in [0.25, 0.3) is 11.3 Å². The molecule has 0 amide bonds. The number of benzene rings is 1. The zero-order valence-corrected chi connectivity index (χ0v) is 11.5. The van der Waals surface area contributed by atoms with Crippen molar-refractivity contribution < 1.29 is 0 Å². The van der Waals surface area contributed by atoms with E-state index in [9.17, 15) is 0 Å². The molecule has 18 heavy (non-hydrogen) atoms. The monoisotopic (exact) mass is 243 g/mol. The smallest absolute Gasteiger partial charge is 0.0926 e. The summed E-state index contributed by atoms with van der Waals surface area (Å²) in [5, 5.41) is 10.6. The predicted molar refractivity (Wildman–Crippen MR) is 75.6 cm³/mol. The number of aromatic amines is 1. The maximum atomic E-state index is 4.40. The Labute approximate surface area is 109 Å². The minimum absolute atomic E-state index is 0.542. The second-order valence-electron chi connectivity index (χ2n) is 5.04. The molecule has 1 heterocycles. The Hall–Kier alpha value is -1.61. The lowest BCUT2D eigenvalue weighted by Gasteiger charge is -2.09. The predicted octanol–water partition coefficient (Wildman–Crippen LogP) is 3.23. The van der Waals surface area contributed by atoms with E-state index in [0.717, 1.165) is 17.9 Å². The van der Waals surface area contributed by atoms with Crippen molar-refractivity contribution in [1.82, 2.24) is 15.5 Å². The summed E-state index contributed by atoms with van der Waals surface area (Å²) in [5.41, 5.74) is 5.98. The molecular formula is C15H21N3. The van der Waals surface area contributed by atoms with E-state index in [1.807, 2.05) is 7.05 Å². The fourth-order valence-corrected chi connectivity index (χ4v) is 2.06. The molecule has 0 atom stereocenters. The molecule has 0 aliphatic rings. The lowest BCUT2D eigenvalue weighted by Crippen LogP contribution is -2.04. The van der Waals surface area contributed by atoms with Gasteiger partial charge in [0, 0.05) is 17.8 Å². The van der Waals surface area contributed by atoms with Crippen LogP contribution in [0.2, 0.25) is 0 Å². The van der Waals surface area contributed by atoms with Crippen molar-refractivity contribution in [3.05, 3.63) is 41.1 Å². The zero-order chi connectivity index (χ0) is 13.1. The fraction of sp³-hybridized carbons (Fsp3) is 0.400. The molecule has 1 aromatic heterocycles. The molecule has 0 spiro atoms. The van der Waals surface area contributed by atoms with Gasteiger partial charge in [0.05, 0.1) is 5.69 Å². The first-order chi connectivity index (χ1) is 8.61. The van der Waals surface area contributed by atoms with Gasteiger partial charge in [-0.1, -0.05) is 26.0 Å². The molecule has 96 valence electrons. The highest BCUT2D eigenvalue weighted by Crippen LogP contribution is 2.26. The van der Waals surface area contributed by atoms with Gasteiger partial charge in [-0.25, -0.2) is 0 Å². The Morgan fingerprint density at radius 1 is 1.28 bits per heavy atom. The molecule has 2 N–H and O–H groups in total. The summed E-state index contributed by atoms with van der Waals surface area (Å²) < 4.78 is 0. The maximum Gasteiger partial charge on any atom is 0.0926 e. The second-order valence-corrected chi connectivity index (χ2v) is 5.04. The molecule has 3 nitrogen and oxygen atoms in total. The van der Waals surface area contributed by atoms with Gasteiger partial charge in [-0.15, -0.1) is 0 Å². The van der Waals surface area contributed by atoms with Crippen LogP contribution < -0.4 is 5.32 Å². The van der Waals surface area contributed by atoms with Gasteiger partial charge in [0.15, 0.2) is 0 Å². The van der Waals surface area contributed by atoms with Gasteiger partial charge >= 0.3 is 0 Å². The molecule has 2 rings (SSSR count).